The number of rotatable bonds is 5. The largest absolute Gasteiger partial charge is 0.449 e. The van der Waals surface area contributed by atoms with Crippen LogP contribution in [0, 0.1) is 0 Å². The van der Waals surface area contributed by atoms with Crippen LogP contribution >= 0.6 is 11.6 Å². The highest BCUT2D eigenvalue weighted by molar-refractivity contribution is 6.17. The van der Waals surface area contributed by atoms with Gasteiger partial charge in [-0.05, 0) is 28.7 Å². The lowest BCUT2D eigenvalue weighted by atomic mass is 9.98. The van der Waals surface area contributed by atoms with E-state index in [0.717, 1.165) is 6.42 Å². The molecule has 0 aliphatic heterocycles. The van der Waals surface area contributed by atoms with Crippen molar-refractivity contribution in [1.29, 1.82) is 0 Å². The number of nitrogens with one attached hydrogen (secondary N) is 1. The minimum absolute atomic E-state index is 0.103. The van der Waals surface area contributed by atoms with Crippen molar-refractivity contribution in [3.05, 3.63) is 59.7 Å². The number of halogens is 1. The summed E-state index contributed by atoms with van der Waals surface area (Å²) < 4.78 is 5.39. The first-order chi connectivity index (χ1) is 10.8. The molecule has 0 fully saturated rings. The summed E-state index contributed by atoms with van der Waals surface area (Å²) in [7, 11) is 0. The summed E-state index contributed by atoms with van der Waals surface area (Å²) >= 11 is 5.59. The lowest BCUT2D eigenvalue weighted by Gasteiger charge is -2.14. The molecule has 1 aliphatic rings. The maximum absolute atomic E-state index is 11.7. The molecule has 0 aromatic heterocycles. The van der Waals surface area contributed by atoms with E-state index in [1.807, 2.05) is 24.3 Å². The summed E-state index contributed by atoms with van der Waals surface area (Å²) in [6.07, 6.45) is 0.359. The maximum atomic E-state index is 11.7. The van der Waals surface area contributed by atoms with Gasteiger partial charge in [0.25, 0.3) is 0 Å². The summed E-state index contributed by atoms with van der Waals surface area (Å²) in [5, 5.41) is 2.71. The van der Waals surface area contributed by atoms with E-state index in [1.54, 1.807) is 0 Å². The lowest BCUT2D eigenvalue weighted by Crippen LogP contribution is -2.27. The van der Waals surface area contributed by atoms with E-state index in [1.165, 1.54) is 22.3 Å². The average Bonchev–Trinajstić information content (AvgIpc) is 2.87. The van der Waals surface area contributed by atoms with Gasteiger partial charge in [-0.1, -0.05) is 48.5 Å². The fraction of sp³-hybridized carbons (Fsp3) is 0.278. The third-order valence-corrected chi connectivity index (χ3v) is 4.19. The van der Waals surface area contributed by atoms with Crippen LogP contribution in [0.2, 0.25) is 0 Å². The molecule has 1 amide bonds. The van der Waals surface area contributed by atoms with Gasteiger partial charge in [-0.25, -0.2) is 4.79 Å². The molecule has 0 saturated carbocycles. The Balaban J connectivity index is 1.73. The first kappa shape index (κ1) is 14.9. The second-order valence-electron chi connectivity index (χ2n) is 5.29. The number of hydrogen-bond donors (Lipinski definition) is 1. The molecule has 0 atom stereocenters. The number of alkyl carbamates (subject to hydrolysis) is 1. The minimum Gasteiger partial charge on any atom is -0.449 e. The maximum Gasteiger partial charge on any atom is 0.407 e. The van der Waals surface area contributed by atoms with Crippen molar-refractivity contribution < 1.29 is 9.53 Å². The highest BCUT2D eigenvalue weighted by Crippen LogP contribution is 2.44. The van der Waals surface area contributed by atoms with Crippen LogP contribution in [0.25, 0.3) is 11.1 Å². The monoisotopic (exact) mass is 315 g/mol. The molecule has 3 nitrogen and oxygen atoms in total. The van der Waals surface area contributed by atoms with Crippen molar-refractivity contribution >= 4 is 17.7 Å². The van der Waals surface area contributed by atoms with Crippen LogP contribution in [-0.2, 0) is 4.74 Å². The molecule has 2 aromatic carbocycles. The number of amides is 1. The number of carbonyl (C=O) groups is 1. The van der Waals surface area contributed by atoms with E-state index in [2.05, 4.69) is 29.6 Å². The molecule has 0 heterocycles. The van der Waals surface area contributed by atoms with Crippen LogP contribution in [0.15, 0.2) is 48.5 Å². The van der Waals surface area contributed by atoms with E-state index in [4.69, 9.17) is 16.3 Å². The number of fused-ring (bicyclic) bond motifs is 3. The summed E-state index contributed by atoms with van der Waals surface area (Å²) in [6, 6.07) is 16.6. The Kier molecular flexibility index (Phi) is 4.64. The molecule has 3 rings (SSSR count). The Morgan fingerprint density at radius 1 is 1.05 bits per heavy atom. The number of ether oxygens (including phenoxy) is 1. The van der Waals surface area contributed by atoms with Gasteiger partial charge < -0.3 is 10.1 Å². The molecule has 0 spiro atoms. The zero-order chi connectivity index (χ0) is 15.4. The van der Waals surface area contributed by atoms with Gasteiger partial charge in [0, 0.05) is 18.3 Å². The van der Waals surface area contributed by atoms with Crippen LogP contribution in [0.1, 0.15) is 23.5 Å². The molecule has 0 radical (unpaired) electrons. The number of benzene rings is 2. The molecule has 22 heavy (non-hydrogen) atoms. The Morgan fingerprint density at radius 3 is 2.23 bits per heavy atom. The van der Waals surface area contributed by atoms with Crippen LogP contribution in [0.4, 0.5) is 4.79 Å². The van der Waals surface area contributed by atoms with E-state index in [-0.39, 0.29) is 12.0 Å². The zero-order valence-corrected chi connectivity index (χ0v) is 13.0. The van der Waals surface area contributed by atoms with Crippen molar-refractivity contribution in [2.24, 2.45) is 0 Å². The van der Waals surface area contributed by atoms with Crippen molar-refractivity contribution in [3.8, 4) is 11.1 Å². The molecule has 114 valence electrons. The van der Waals surface area contributed by atoms with Crippen LogP contribution < -0.4 is 5.32 Å². The molecule has 0 saturated heterocycles. The zero-order valence-electron chi connectivity index (χ0n) is 12.2. The van der Waals surface area contributed by atoms with E-state index >= 15 is 0 Å². The van der Waals surface area contributed by atoms with Gasteiger partial charge in [-0.15, -0.1) is 11.6 Å². The van der Waals surface area contributed by atoms with Gasteiger partial charge >= 0.3 is 6.09 Å². The molecule has 0 unspecified atom stereocenters. The Morgan fingerprint density at radius 2 is 1.64 bits per heavy atom. The summed E-state index contributed by atoms with van der Waals surface area (Å²) in [5.74, 6) is 0.634. The van der Waals surface area contributed by atoms with E-state index in [9.17, 15) is 4.79 Å². The number of hydrogen-bond acceptors (Lipinski definition) is 2. The fourth-order valence-electron chi connectivity index (χ4n) is 2.91. The molecular weight excluding hydrogens is 298 g/mol. The van der Waals surface area contributed by atoms with E-state index in [0.29, 0.717) is 19.0 Å². The number of alkyl halides is 1. The topological polar surface area (TPSA) is 38.3 Å². The molecule has 1 aliphatic carbocycles. The third kappa shape index (κ3) is 2.95. The Bertz CT molecular complexity index is 626. The predicted octanol–water partition coefficient (Wildman–Crippen LogP) is 4.15. The van der Waals surface area contributed by atoms with Gasteiger partial charge in [0.1, 0.15) is 6.61 Å². The minimum atomic E-state index is -0.382. The summed E-state index contributed by atoms with van der Waals surface area (Å²) in [5.41, 5.74) is 4.90. The molecule has 2 aromatic rings. The van der Waals surface area contributed by atoms with Gasteiger partial charge in [0.2, 0.25) is 0 Å². The highest BCUT2D eigenvalue weighted by atomic mass is 35.5. The van der Waals surface area contributed by atoms with Crippen LogP contribution in [-0.4, -0.2) is 25.1 Å². The first-order valence-electron chi connectivity index (χ1n) is 7.46. The highest BCUT2D eigenvalue weighted by Gasteiger charge is 2.28. The molecule has 1 N–H and O–H groups in total. The summed E-state index contributed by atoms with van der Waals surface area (Å²) in [4.78, 5) is 11.7. The fourth-order valence-corrected chi connectivity index (χ4v) is 3.04. The smallest absolute Gasteiger partial charge is 0.407 e. The standard InChI is InChI=1S/C18H18ClNO2/c19-10-5-11-20-18(21)22-12-17-15-8-3-1-6-13(15)14-7-2-4-9-16(14)17/h1-4,6-9,17H,5,10-12H2,(H,20,21). The molecule has 0 bridgehead atoms. The van der Waals surface area contributed by atoms with Crippen molar-refractivity contribution in [1.82, 2.24) is 5.32 Å². The van der Waals surface area contributed by atoms with E-state index < -0.39 is 0 Å². The van der Waals surface area contributed by atoms with Gasteiger partial charge in [-0.2, -0.15) is 0 Å². The van der Waals surface area contributed by atoms with Gasteiger partial charge in [0.15, 0.2) is 0 Å². The SMILES string of the molecule is O=C(NCCCCl)OCC1c2ccccc2-c2ccccc21. The van der Waals surface area contributed by atoms with Crippen molar-refractivity contribution in [2.75, 3.05) is 19.0 Å². The second kappa shape index (κ2) is 6.84. The molecule has 4 heteroatoms. The summed E-state index contributed by atoms with van der Waals surface area (Å²) in [6.45, 7) is 0.890. The average molecular weight is 316 g/mol. The Labute approximate surface area is 135 Å². The van der Waals surface area contributed by atoms with Crippen LogP contribution in [0.5, 0.6) is 0 Å². The van der Waals surface area contributed by atoms with Gasteiger partial charge in [0.05, 0.1) is 0 Å². The predicted molar refractivity (Wildman–Crippen MR) is 88.4 cm³/mol. The normalized spacial score (nSPS) is 12.6. The first-order valence-corrected chi connectivity index (χ1v) is 7.99. The number of carbonyl (C=O) groups excluding carboxylic acids is 1. The molecular formula is C18H18ClNO2. The Hall–Kier alpha value is -2.00. The quantitative estimate of drug-likeness (QED) is 0.665. The van der Waals surface area contributed by atoms with Crippen LogP contribution in [0.3, 0.4) is 0 Å². The van der Waals surface area contributed by atoms with Crippen molar-refractivity contribution in [2.45, 2.75) is 12.3 Å². The van der Waals surface area contributed by atoms with Crippen molar-refractivity contribution in [3.63, 3.8) is 0 Å². The lowest BCUT2D eigenvalue weighted by molar-refractivity contribution is 0.143. The third-order valence-electron chi connectivity index (χ3n) is 3.92. The van der Waals surface area contributed by atoms with Gasteiger partial charge in [-0.3, -0.25) is 0 Å². The second-order valence-corrected chi connectivity index (χ2v) is 5.67.